The summed E-state index contributed by atoms with van der Waals surface area (Å²) in [6, 6.07) is 7.28. The van der Waals surface area contributed by atoms with Crippen molar-refractivity contribution in [1.29, 1.82) is 0 Å². The lowest BCUT2D eigenvalue weighted by molar-refractivity contribution is -0.384. The lowest BCUT2D eigenvalue weighted by atomic mass is 10.1. The maximum absolute atomic E-state index is 12.2. The first-order chi connectivity index (χ1) is 10.0. The van der Waals surface area contributed by atoms with Crippen molar-refractivity contribution in [1.82, 2.24) is 5.32 Å². The van der Waals surface area contributed by atoms with Crippen LogP contribution in [0, 0.1) is 10.1 Å². The minimum absolute atomic E-state index is 0.0679. The number of hydrazine groups is 1. The molecule has 110 valence electrons. The first kappa shape index (κ1) is 14.5. The minimum Gasteiger partial charge on any atom is -0.467 e. The number of hydrogen-bond acceptors (Lipinski definition) is 6. The molecule has 1 aromatic carbocycles. The van der Waals surface area contributed by atoms with Crippen LogP contribution in [-0.2, 0) is 0 Å². The molecule has 8 heteroatoms. The van der Waals surface area contributed by atoms with Crippen molar-refractivity contribution in [2.75, 3.05) is 5.43 Å². The topological polar surface area (TPSA) is 123 Å². The zero-order chi connectivity index (χ0) is 15.4. The molecular weight excluding hydrogens is 276 g/mol. The van der Waals surface area contributed by atoms with Crippen LogP contribution in [-0.4, -0.2) is 10.8 Å². The molecule has 0 aliphatic rings. The van der Waals surface area contributed by atoms with Crippen molar-refractivity contribution in [3.8, 4) is 0 Å². The third-order valence-electron chi connectivity index (χ3n) is 2.94. The Labute approximate surface area is 120 Å². The van der Waals surface area contributed by atoms with Crippen LogP contribution in [0.15, 0.2) is 41.0 Å². The molecule has 0 bridgehead atoms. The highest BCUT2D eigenvalue weighted by atomic mass is 16.6. The van der Waals surface area contributed by atoms with Gasteiger partial charge in [0.2, 0.25) is 0 Å². The van der Waals surface area contributed by atoms with Crippen LogP contribution in [0.1, 0.15) is 29.1 Å². The van der Waals surface area contributed by atoms with E-state index in [2.05, 4.69) is 10.7 Å². The van der Waals surface area contributed by atoms with Crippen LogP contribution in [0.3, 0.4) is 0 Å². The van der Waals surface area contributed by atoms with Crippen LogP contribution in [0.25, 0.3) is 0 Å². The molecular formula is C13H14N4O4. The number of amides is 1. The third kappa shape index (κ3) is 3.00. The number of nitrogens with two attached hydrogens (primary N) is 1. The normalized spacial score (nSPS) is 11.7. The van der Waals surface area contributed by atoms with Gasteiger partial charge < -0.3 is 15.2 Å². The molecule has 4 N–H and O–H groups in total. The second-order valence-corrected chi connectivity index (χ2v) is 4.31. The van der Waals surface area contributed by atoms with Gasteiger partial charge in [-0.3, -0.25) is 20.8 Å². The van der Waals surface area contributed by atoms with Gasteiger partial charge in [-0.05, 0) is 31.2 Å². The number of nitrogens with zero attached hydrogens (tertiary/aromatic N) is 1. The molecule has 1 amide bonds. The molecule has 2 rings (SSSR count). The summed E-state index contributed by atoms with van der Waals surface area (Å²) in [4.78, 5) is 22.7. The summed E-state index contributed by atoms with van der Waals surface area (Å²) in [5.74, 6) is 5.21. The summed E-state index contributed by atoms with van der Waals surface area (Å²) < 4.78 is 5.17. The van der Waals surface area contributed by atoms with Crippen molar-refractivity contribution in [2.24, 2.45) is 5.84 Å². The maximum atomic E-state index is 12.2. The highest BCUT2D eigenvalue weighted by molar-refractivity contribution is 6.00. The molecule has 8 nitrogen and oxygen atoms in total. The number of furan rings is 1. The second kappa shape index (κ2) is 6.06. The van der Waals surface area contributed by atoms with Gasteiger partial charge in [-0.1, -0.05) is 6.07 Å². The van der Waals surface area contributed by atoms with Gasteiger partial charge in [-0.25, -0.2) is 0 Å². The van der Waals surface area contributed by atoms with E-state index in [0.29, 0.717) is 5.76 Å². The SMILES string of the molecule is CC(NC(=O)c1cccc(NN)c1[N+](=O)[O-])c1ccco1. The quantitative estimate of drug-likeness (QED) is 0.439. The standard InChI is InChI=1S/C13H14N4O4/c1-8(11-6-3-7-21-11)15-13(18)9-4-2-5-10(16-14)12(9)17(19)20/h2-8,16H,14H2,1H3,(H,15,18). The van der Waals surface area contributed by atoms with E-state index in [1.54, 1.807) is 19.1 Å². The number of benzene rings is 1. The van der Waals surface area contributed by atoms with E-state index in [1.807, 2.05) is 0 Å². The fourth-order valence-electron chi connectivity index (χ4n) is 1.92. The zero-order valence-corrected chi connectivity index (χ0v) is 11.2. The van der Waals surface area contributed by atoms with Crippen LogP contribution in [0.4, 0.5) is 11.4 Å². The second-order valence-electron chi connectivity index (χ2n) is 4.31. The number of carbonyl (C=O) groups excluding carboxylic acids is 1. The fourth-order valence-corrected chi connectivity index (χ4v) is 1.92. The molecule has 21 heavy (non-hydrogen) atoms. The molecule has 0 radical (unpaired) electrons. The fraction of sp³-hybridized carbons (Fsp3) is 0.154. The van der Waals surface area contributed by atoms with Crippen LogP contribution in [0.5, 0.6) is 0 Å². The smallest absolute Gasteiger partial charge is 0.306 e. The highest BCUT2D eigenvalue weighted by Crippen LogP contribution is 2.28. The maximum Gasteiger partial charge on any atom is 0.306 e. The van der Waals surface area contributed by atoms with Gasteiger partial charge in [0, 0.05) is 0 Å². The average molecular weight is 290 g/mol. The van der Waals surface area contributed by atoms with E-state index in [1.165, 1.54) is 24.5 Å². The van der Waals surface area contributed by atoms with Crippen LogP contribution >= 0.6 is 0 Å². The van der Waals surface area contributed by atoms with E-state index >= 15 is 0 Å². The summed E-state index contributed by atoms with van der Waals surface area (Å²) in [6.45, 7) is 1.72. The van der Waals surface area contributed by atoms with Crippen LogP contribution in [0.2, 0.25) is 0 Å². The van der Waals surface area contributed by atoms with Gasteiger partial charge in [-0.15, -0.1) is 0 Å². The average Bonchev–Trinajstić information content (AvgIpc) is 3.00. The van der Waals surface area contributed by atoms with E-state index < -0.39 is 16.9 Å². The third-order valence-corrected chi connectivity index (χ3v) is 2.94. The van der Waals surface area contributed by atoms with Gasteiger partial charge in [0.05, 0.1) is 17.2 Å². The Morgan fingerprint density at radius 3 is 2.71 bits per heavy atom. The number of nitrogens with one attached hydrogen (secondary N) is 2. The molecule has 0 fully saturated rings. The molecule has 1 atom stereocenters. The molecule has 0 saturated carbocycles. The monoisotopic (exact) mass is 290 g/mol. The highest BCUT2D eigenvalue weighted by Gasteiger charge is 2.25. The summed E-state index contributed by atoms with van der Waals surface area (Å²) in [6.07, 6.45) is 1.49. The predicted molar refractivity (Wildman–Crippen MR) is 75.5 cm³/mol. The largest absolute Gasteiger partial charge is 0.467 e. The Kier molecular flexibility index (Phi) is 4.19. The zero-order valence-electron chi connectivity index (χ0n) is 11.2. The number of hydrogen-bond donors (Lipinski definition) is 3. The Balaban J connectivity index is 2.29. The van der Waals surface area contributed by atoms with E-state index in [-0.39, 0.29) is 16.9 Å². The number of nitrogen functional groups attached to an aromatic ring is 1. The van der Waals surface area contributed by atoms with Crippen molar-refractivity contribution in [3.63, 3.8) is 0 Å². The van der Waals surface area contributed by atoms with Gasteiger partial charge in [0.25, 0.3) is 5.91 Å². The molecule has 1 aromatic heterocycles. The summed E-state index contributed by atoms with van der Waals surface area (Å²) in [7, 11) is 0. The molecule has 1 heterocycles. The number of nitro groups is 1. The number of nitro benzene ring substituents is 1. The van der Waals surface area contributed by atoms with Crippen molar-refractivity contribution >= 4 is 17.3 Å². The van der Waals surface area contributed by atoms with E-state index in [0.717, 1.165) is 0 Å². The number of rotatable bonds is 5. The predicted octanol–water partition coefficient (Wildman–Crippen LogP) is 1.96. The number of anilines is 1. The van der Waals surface area contributed by atoms with E-state index in [4.69, 9.17) is 10.3 Å². The molecule has 0 saturated heterocycles. The van der Waals surface area contributed by atoms with Gasteiger partial charge in [-0.2, -0.15) is 0 Å². The van der Waals surface area contributed by atoms with Gasteiger partial charge >= 0.3 is 5.69 Å². The first-order valence-corrected chi connectivity index (χ1v) is 6.13. The lowest BCUT2D eigenvalue weighted by Gasteiger charge is -2.12. The Bertz CT molecular complexity index is 654. The molecule has 0 spiro atoms. The van der Waals surface area contributed by atoms with E-state index in [9.17, 15) is 14.9 Å². The summed E-state index contributed by atoms with van der Waals surface area (Å²) in [5, 5.41) is 13.8. The first-order valence-electron chi connectivity index (χ1n) is 6.13. The Morgan fingerprint density at radius 2 is 2.14 bits per heavy atom. The molecule has 0 aliphatic carbocycles. The van der Waals surface area contributed by atoms with Crippen LogP contribution < -0.4 is 16.6 Å². The number of para-hydroxylation sites is 1. The van der Waals surface area contributed by atoms with Gasteiger partial charge in [0.1, 0.15) is 17.0 Å². The van der Waals surface area contributed by atoms with Crippen molar-refractivity contribution in [3.05, 3.63) is 58.0 Å². The summed E-state index contributed by atoms with van der Waals surface area (Å²) >= 11 is 0. The van der Waals surface area contributed by atoms with Gasteiger partial charge in [0.15, 0.2) is 0 Å². The molecule has 0 aliphatic heterocycles. The number of carbonyl (C=O) groups is 1. The summed E-state index contributed by atoms with van der Waals surface area (Å²) in [5.41, 5.74) is 1.83. The van der Waals surface area contributed by atoms with Crippen molar-refractivity contribution in [2.45, 2.75) is 13.0 Å². The molecule has 1 unspecified atom stereocenters. The van der Waals surface area contributed by atoms with Crippen molar-refractivity contribution < 1.29 is 14.1 Å². The lowest BCUT2D eigenvalue weighted by Crippen LogP contribution is -2.27. The Hall–Kier alpha value is -2.87. The minimum atomic E-state index is -0.651. The Morgan fingerprint density at radius 1 is 1.38 bits per heavy atom. The molecule has 2 aromatic rings.